The Kier molecular flexibility index (Phi) is 4.30. The van der Waals surface area contributed by atoms with Crippen LogP contribution in [0.2, 0.25) is 5.02 Å². The van der Waals surface area contributed by atoms with Crippen LogP contribution in [0.5, 0.6) is 0 Å². The Morgan fingerprint density at radius 2 is 2.06 bits per heavy atom. The van der Waals surface area contributed by atoms with Gasteiger partial charge in [-0.25, -0.2) is 8.42 Å². The molecule has 1 N–H and O–H groups in total. The molecule has 100 valence electrons. The molecular weight excluding hydrogens is 270 g/mol. The standard InChI is InChI=1S/C13H18ClNO2S/c1-15-8-13(10-2-4-12(14)5-3-10)11-6-7-18(16,17)9-11/h2-5,11,13,15H,6-9H2,1H3. The highest BCUT2D eigenvalue weighted by Gasteiger charge is 2.33. The molecule has 18 heavy (non-hydrogen) atoms. The van der Waals surface area contributed by atoms with Gasteiger partial charge < -0.3 is 5.32 Å². The second-order valence-corrected chi connectivity index (χ2v) is 7.54. The number of benzene rings is 1. The SMILES string of the molecule is CNCC(c1ccc(Cl)cc1)C1CCS(=O)(=O)C1. The molecule has 1 aliphatic rings. The van der Waals surface area contributed by atoms with Gasteiger partial charge in [0.05, 0.1) is 11.5 Å². The molecule has 0 aliphatic carbocycles. The first-order valence-corrected chi connectivity index (χ1v) is 8.32. The lowest BCUT2D eigenvalue weighted by Gasteiger charge is -2.22. The lowest BCUT2D eigenvalue weighted by atomic mass is 9.85. The van der Waals surface area contributed by atoms with Crippen LogP contribution in [0, 0.1) is 5.92 Å². The van der Waals surface area contributed by atoms with E-state index in [1.54, 1.807) is 0 Å². The van der Waals surface area contributed by atoms with Crippen molar-refractivity contribution in [1.29, 1.82) is 0 Å². The van der Waals surface area contributed by atoms with Gasteiger partial charge in [0.1, 0.15) is 0 Å². The first-order chi connectivity index (χ1) is 8.52. The van der Waals surface area contributed by atoms with Crippen LogP contribution in [0.3, 0.4) is 0 Å². The van der Waals surface area contributed by atoms with Crippen LogP contribution >= 0.6 is 11.6 Å². The number of halogens is 1. The molecule has 0 saturated carbocycles. The van der Waals surface area contributed by atoms with Gasteiger partial charge in [-0.3, -0.25) is 0 Å². The molecule has 0 radical (unpaired) electrons. The van der Waals surface area contributed by atoms with Crippen molar-refractivity contribution in [3.8, 4) is 0 Å². The fourth-order valence-electron chi connectivity index (χ4n) is 2.63. The minimum absolute atomic E-state index is 0.212. The Bertz CT molecular complexity index is 498. The molecule has 0 amide bonds. The second kappa shape index (κ2) is 5.59. The third kappa shape index (κ3) is 3.25. The van der Waals surface area contributed by atoms with E-state index in [9.17, 15) is 8.42 Å². The van der Waals surface area contributed by atoms with Crippen molar-refractivity contribution in [3.05, 3.63) is 34.9 Å². The summed E-state index contributed by atoms with van der Waals surface area (Å²) < 4.78 is 23.2. The Morgan fingerprint density at radius 1 is 1.39 bits per heavy atom. The number of hydrogen-bond donors (Lipinski definition) is 1. The van der Waals surface area contributed by atoms with Gasteiger partial charge in [0, 0.05) is 17.5 Å². The smallest absolute Gasteiger partial charge is 0.150 e. The van der Waals surface area contributed by atoms with Gasteiger partial charge in [0.15, 0.2) is 9.84 Å². The van der Waals surface area contributed by atoms with Crippen LogP contribution in [-0.2, 0) is 9.84 Å². The zero-order valence-corrected chi connectivity index (χ0v) is 12.0. The van der Waals surface area contributed by atoms with Gasteiger partial charge in [-0.1, -0.05) is 23.7 Å². The summed E-state index contributed by atoms with van der Waals surface area (Å²) in [7, 11) is -0.934. The predicted molar refractivity (Wildman–Crippen MR) is 74.9 cm³/mol. The highest BCUT2D eigenvalue weighted by atomic mass is 35.5. The maximum atomic E-state index is 11.6. The molecule has 2 atom stereocenters. The van der Waals surface area contributed by atoms with Crippen LogP contribution in [0.4, 0.5) is 0 Å². The van der Waals surface area contributed by atoms with E-state index in [0.717, 1.165) is 18.5 Å². The average molecular weight is 288 g/mol. The summed E-state index contributed by atoms with van der Waals surface area (Å²) in [6.45, 7) is 0.793. The lowest BCUT2D eigenvalue weighted by Crippen LogP contribution is -2.25. The molecule has 2 rings (SSSR count). The highest BCUT2D eigenvalue weighted by Crippen LogP contribution is 2.33. The van der Waals surface area contributed by atoms with Gasteiger partial charge in [0.2, 0.25) is 0 Å². The van der Waals surface area contributed by atoms with E-state index >= 15 is 0 Å². The largest absolute Gasteiger partial charge is 0.319 e. The van der Waals surface area contributed by atoms with Crippen molar-refractivity contribution in [3.63, 3.8) is 0 Å². The summed E-state index contributed by atoms with van der Waals surface area (Å²) in [6.07, 6.45) is 0.761. The van der Waals surface area contributed by atoms with E-state index in [1.807, 2.05) is 31.3 Å². The van der Waals surface area contributed by atoms with Gasteiger partial charge >= 0.3 is 0 Å². The summed E-state index contributed by atoms with van der Waals surface area (Å²) in [5.41, 5.74) is 1.16. The van der Waals surface area contributed by atoms with Crippen LogP contribution in [-0.4, -0.2) is 33.5 Å². The Balaban J connectivity index is 2.21. The van der Waals surface area contributed by atoms with E-state index < -0.39 is 9.84 Å². The second-order valence-electron chi connectivity index (χ2n) is 4.88. The van der Waals surface area contributed by atoms with Gasteiger partial charge in [0.25, 0.3) is 0 Å². The molecule has 2 unspecified atom stereocenters. The molecule has 0 bridgehead atoms. The van der Waals surface area contributed by atoms with Crippen molar-refractivity contribution in [2.75, 3.05) is 25.1 Å². The third-order valence-corrected chi connectivity index (χ3v) is 5.60. The van der Waals surface area contributed by atoms with Crippen molar-refractivity contribution in [2.45, 2.75) is 12.3 Å². The zero-order valence-electron chi connectivity index (χ0n) is 10.4. The molecule has 3 nitrogen and oxygen atoms in total. The van der Waals surface area contributed by atoms with E-state index in [1.165, 1.54) is 0 Å². The average Bonchev–Trinajstić information content (AvgIpc) is 2.68. The lowest BCUT2D eigenvalue weighted by molar-refractivity contribution is 0.451. The molecule has 0 spiro atoms. The fraction of sp³-hybridized carbons (Fsp3) is 0.538. The first kappa shape index (κ1) is 13.8. The van der Waals surface area contributed by atoms with E-state index in [0.29, 0.717) is 16.5 Å². The van der Waals surface area contributed by atoms with Crippen LogP contribution in [0.1, 0.15) is 17.9 Å². The molecule has 1 aliphatic heterocycles. The zero-order chi connectivity index (χ0) is 13.2. The Hall–Kier alpha value is -0.580. The van der Waals surface area contributed by atoms with E-state index in [2.05, 4.69) is 5.32 Å². The van der Waals surface area contributed by atoms with Crippen molar-refractivity contribution in [2.24, 2.45) is 5.92 Å². The number of rotatable bonds is 4. The van der Waals surface area contributed by atoms with Gasteiger partial charge in [-0.15, -0.1) is 0 Å². The predicted octanol–water partition coefficient (Wildman–Crippen LogP) is 2.08. The van der Waals surface area contributed by atoms with Crippen LogP contribution in [0.25, 0.3) is 0 Å². The van der Waals surface area contributed by atoms with Gasteiger partial charge in [-0.2, -0.15) is 0 Å². The topological polar surface area (TPSA) is 46.2 Å². The number of nitrogens with one attached hydrogen (secondary N) is 1. The summed E-state index contributed by atoms with van der Waals surface area (Å²) in [5, 5.41) is 3.87. The summed E-state index contributed by atoms with van der Waals surface area (Å²) >= 11 is 5.89. The molecule has 0 aromatic heterocycles. The first-order valence-electron chi connectivity index (χ1n) is 6.12. The maximum absolute atomic E-state index is 11.6. The fourth-order valence-corrected chi connectivity index (χ4v) is 4.63. The summed E-state index contributed by atoms with van der Waals surface area (Å²) in [6, 6.07) is 7.72. The van der Waals surface area contributed by atoms with Crippen molar-refractivity contribution in [1.82, 2.24) is 5.32 Å². The van der Waals surface area contributed by atoms with Crippen molar-refractivity contribution < 1.29 is 8.42 Å². The normalized spacial score (nSPS) is 24.0. The van der Waals surface area contributed by atoms with Crippen molar-refractivity contribution >= 4 is 21.4 Å². The Morgan fingerprint density at radius 3 is 2.56 bits per heavy atom. The molecule has 5 heteroatoms. The maximum Gasteiger partial charge on any atom is 0.150 e. The summed E-state index contributed by atoms with van der Waals surface area (Å²) in [5.74, 6) is 1.08. The summed E-state index contributed by atoms with van der Waals surface area (Å²) in [4.78, 5) is 0. The van der Waals surface area contributed by atoms with Crippen LogP contribution in [0.15, 0.2) is 24.3 Å². The molecule has 1 fully saturated rings. The molecule has 1 saturated heterocycles. The monoisotopic (exact) mass is 287 g/mol. The molecule has 1 heterocycles. The van der Waals surface area contributed by atoms with Gasteiger partial charge in [-0.05, 0) is 37.1 Å². The minimum Gasteiger partial charge on any atom is -0.319 e. The highest BCUT2D eigenvalue weighted by molar-refractivity contribution is 7.91. The minimum atomic E-state index is -2.83. The third-order valence-electron chi connectivity index (χ3n) is 3.56. The molecule has 1 aromatic carbocycles. The van der Waals surface area contributed by atoms with E-state index in [4.69, 9.17) is 11.6 Å². The molecule has 1 aromatic rings. The van der Waals surface area contributed by atoms with E-state index in [-0.39, 0.29) is 11.8 Å². The number of sulfone groups is 1. The number of hydrogen-bond acceptors (Lipinski definition) is 3. The Labute approximate surface area is 113 Å². The molecular formula is C13H18ClNO2S. The van der Waals surface area contributed by atoms with Crippen LogP contribution < -0.4 is 5.32 Å². The number of likely N-dealkylation sites (N-methyl/N-ethyl adjacent to an activating group) is 1. The quantitative estimate of drug-likeness (QED) is 0.922.